The van der Waals surface area contributed by atoms with Crippen LogP contribution < -0.4 is 10.6 Å². The third kappa shape index (κ3) is 3.66. The maximum absolute atomic E-state index is 5.17. The number of terminal acetylenes is 1. The number of guanidine groups is 1. The largest absolute Gasteiger partial charge is 0.352 e. The molecule has 3 heteroatoms. The summed E-state index contributed by atoms with van der Waals surface area (Å²) in [5, 5.41) is 6.22. The summed E-state index contributed by atoms with van der Waals surface area (Å²) in [4.78, 5) is 4.07. The third-order valence-corrected chi connectivity index (χ3v) is 2.29. The van der Waals surface area contributed by atoms with E-state index in [1.54, 1.807) is 7.05 Å². The van der Waals surface area contributed by atoms with Crippen LogP contribution >= 0.6 is 0 Å². The fraction of sp³-hybridized carbons (Fsp3) is 0.308. The normalized spacial score (nSPS) is 10.7. The van der Waals surface area contributed by atoms with Crippen LogP contribution in [0.4, 0.5) is 0 Å². The first-order valence-electron chi connectivity index (χ1n) is 5.20. The molecule has 0 bridgehead atoms. The van der Waals surface area contributed by atoms with E-state index in [9.17, 15) is 0 Å². The van der Waals surface area contributed by atoms with Crippen molar-refractivity contribution < 1.29 is 0 Å². The highest BCUT2D eigenvalue weighted by Crippen LogP contribution is 2.05. The van der Waals surface area contributed by atoms with Gasteiger partial charge in [0.15, 0.2) is 5.96 Å². The highest BCUT2D eigenvalue weighted by Gasteiger charge is 1.98. The Balaban J connectivity index is 2.51. The molecule has 0 heterocycles. The average Bonchev–Trinajstić information content (AvgIpc) is 2.31. The van der Waals surface area contributed by atoms with Crippen LogP contribution in [-0.2, 0) is 6.54 Å². The first kappa shape index (κ1) is 12.1. The molecule has 0 amide bonds. The van der Waals surface area contributed by atoms with Crippen molar-refractivity contribution in [3.63, 3.8) is 0 Å². The van der Waals surface area contributed by atoms with E-state index in [2.05, 4.69) is 40.6 Å². The molecule has 0 aromatic heterocycles. The summed E-state index contributed by atoms with van der Waals surface area (Å²) in [6.07, 6.45) is 5.17. The van der Waals surface area contributed by atoms with Crippen molar-refractivity contribution in [2.24, 2.45) is 4.99 Å². The van der Waals surface area contributed by atoms with Gasteiger partial charge in [-0.1, -0.05) is 30.2 Å². The lowest BCUT2D eigenvalue weighted by Gasteiger charge is -2.11. The van der Waals surface area contributed by atoms with E-state index in [0.29, 0.717) is 6.54 Å². The quantitative estimate of drug-likeness (QED) is 0.453. The van der Waals surface area contributed by atoms with E-state index >= 15 is 0 Å². The molecule has 0 saturated heterocycles. The predicted molar refractivity (Wildman–Crippen MR) is 68.2 cm³/mol. The van der Waals surface area contributed by atoms with Gasteiger partial charge in [-0.2, -0.15) is 0 Å². The minimum atomic E-state index is 0.480. The van der Waals surface area contributed by atoms with E-state index in [-0.39, 0.29) is 0 Å². The number of rotatable bonds is 3. The van der Waals surface area contributed by atoms with Gasteiger partial charge >= 0.3 is 0 Å². The van der Waals surface area contributed by atoms with Crippen LogP contribution in [-0.4, -0.2) is 19.6 Å². The van der Waals surface area contributed by atoms with Crippen molar-refractivity contribution in [3.8, 4) is 12.3 Å². The van der Waals surface area contributed by atoms with Gasteiger partial charge in [0.05, 0.1) is 6.54 Å². The Morgan fingerprint density at radius 2 is 2.12 bits per heavy atom. The van der Waals surface area contributed by atoms with Gasteiger partial charge < -0.3 is 10.6 Å². The molecule has 0 radical (unpaired) electrons. The monoisotopic (exact) mass is 215 g/mol. The molecule has 0 spiro atoms. The fourth-order valence-electron chi connectivity index (χ4n) is 1.34. The molecule has 84 valence electrons. The Hall–Kier alpha value is -1.95. The van der Waals surface area contributed by atoms with Crippen molar-refractivity contribution in [2.75, 3.05) is 13.6 Å². The molecule has 0 aliphatic carbocycles. The molecule has 0 aliphatic rings. The smallest absolute Gasteiger partial charge is 0.192 e. The summed E-state index contributed by atoms with van der Waals surface area (Å²) in [5.41, 5.74) is 2.52. The molecule has 0 unspecified atom stereocenters. The molecule has 0 saturated carbocycles. The van der Waals surface area contributed by atoms with Gasteiger partial charge in [0.25, 0.3) is 0 Å². The molecule has 1 aromatic rings. The lowest BCUT2D eigenvalue weighted by atomic mass is 10.1. The topological polar surface area (TPSA) is 36.4 Å². The summed E-state index contributed by atoms with van der Waals surface area (Å²) >= 11 is 0. The van der Waals surface area contributed by atoms with Gasteiger partial charge in [0.2, 0.25) is 0 Å². The Labute approximate surface area is 97.0 Å². The van der Waals surface area contributed by atoms with Crippen molar-refractivity contribution in [2.45, 2.75) is 13.5 Å². The van der Waals surface area contributed by atoms with Gasteiger partial charge in [-0.05, 0) is 18.1 Å². The van der Waals surface area contributed by atoms with E-state index in [0.717, 1.165) is 12.5 Å². The Morgan fingerprint density at radius 3 is 2.75 bits per heavy atom. The van der Waals surface area contributed by atoms with Crippen molar-refractivity contribution >= 4 is 5.96 Å². The molecular formula is C13H17N3. The van der Waals surface area contributed by atoms with Crippen molar-refractivity contribution in [1.82, 2.24) is 10.6 Å². The third-order valence-electron chi connectivity index (χ3n) is 2.29. The molecule has 1 aromatic carbocycles. The summed E-state index contributed by atoms with van der Waals surface area (Å²) < 4.78 is 0. The zero-order valence-electron chi connectivity index (χ0n) is 9.75. The number of hydrogen-bond donors (Lipinski definition) is 2. The first-order valence-corrected chi connectivity index (χ1v) is 5.20. The second kappa shape index (κ2) is 6.52. The molecule has 3 nitrogen and oxygen atoms in total. The van der Waals surface area contributed by atoms with Gasteiger partial charge in [-0.25, -0.2) is 0 Å². The molecule has 1 rings (SSSR count). The SMILES string of the molecule is C#CCNC(=NC)NCc1ccccc1C. The second-order valence-corrected chi connectivity index (χ2v) is 3.41. The molecular weight excluding hydrogens is 198 g/mol. The first-order chi connectivity index (χ1) is 7.77. The number of aryl methyl sites for hydroxylation is 1. The highest BCUT2D eigenvalue weighted by molar-refractivity contribution is 5.79. The average molecular weight is 215 g/mol. The summed E-state index contributed by atoms with van der Waals surface area (Å²) in [7, 11) is 1.73. The van der Waals surface area contributed by atoms with Crippen LogP contribution in [0.2, 0.25) is 0 Å². The zero-order valence-corrected chi connectivity index (χ0v) is 9.75. The lowest BCUT2D eigenvalue weighted by Crippen LogP contribution is -2.37. The number of nitrogens with one attached hydrogen (secondary N) is 2. The van der Waals surface area contributed by atoms with Crippen LogP contribution in [0, 0.1) is 19.3 Å². The van der Waals surface area contributed by atoms with Gasteiger partial charge in [0.1, 0.15) is 0 Å². The molecule has 2 N–H and O–H groups in total. The van der Waals surface area contributed by atoms with Crippen molar-refractivity contribution in [1.29, 1.82) is 0 Å². The van der Waals surface area contributed by atoms with E-state index < -0.39 is 0 Å². The standard InChI is InChI=1S/C13H17N3/c1-4-9-15-13(14-3)16-10-12-8-6-5-7-11(12)2/h1,5-8H,9-10H2,2-3H3,(H2,14,15,16). The number of benzene rings is 1. The molecule has 16 heavy (non-hydrogen) atoms. The predicted octanol–water partition coefficient (Wildman–Crippen LogP) is 1.29. The fourth-order valence-corrected chi connectivity index (χ4v) is 1.34. The lowest BCUT2D eigenvalue weighted by molar-refractivity contribution is 0.846. The van der Waals surface area contributed by atoms with Crippen LogP contribution in [0.25, 0.3) is 0 Å². The number of nitrogens with zero attached hydrogens (tertiary/aromatic N) is 1. The Kier molecular flexibility index (Phi) is 4.94. The van der Waals surface area contributed by atoms with E-state index in [1.807, 2.05) is 12.1 Å². The number of hydrogen-bond acceptors (Lipinski definition) is 1. The molecule has 0 aliphatic heterocycles. The van der Waals surface area contributed by atoms with E-state index in [1.165, 1.54) is 11.1 Å². The summed E-state index contributed by atoms with van der Waals surface area (Å²) in [6.45, 7) is 3.32. The van der Waals surface area contributed by atoms with Gasteiger partial charge in [-0.3, -0.25) is 4.99 Å². The highest BCUT2D eigenvalue weighted by atomic mass is 15.2. The minimum Gasteiger partial charge on any atom is -0.352 e. The minimum absolute atomic E-state index is 0.480. The molecule has 0 fully saturated rings. The summed E-state index contributed by atoms with van der Waals surface area (Å²) in [6, 6.07) is 8.25. The van der Waals surface area contributed by atoms with Crippen LogP contribution in [0.15, 0.2) is 29.3 Å². The Morgan fingerprint density at radius 1 is 1.38 bits per heavy atom. The van der Waals surface area contributed by atoms with Crippen molar-refractivity contribution in [3.05, 3.63) is 35.4 Å². The number of aliphatic imine (C=N–C) groups is 1. The molecule has 0 atom stereocenters. The van der Waals surface area contributed by atoms with Crippen LogP contribution in [0.5, 0.6) is 0 Å². The zero-order chi connectivity index (χ0) is 11.8. The maximum Gasteiger partial charge on any atom is 0.192 e. The summed E-state index contributed by atoms with van der Waals surface area (Å²) in [5.74, 6) is 3.23. The van der Waals surface area contributed by atoms with Crippen LogP contribution in [0.3, 0.4) is 0 Å². The Bertz CT molecular complexity index is 402. The van der Waals surface area contributed by atoms with Crippen LogP contribution in [0.1, 0.15) is 11.1 Å². The second-order valence-electron chi connectivity index (χ2n) is 3.41. The van der Waals surface area contributed by atoms with Gasteiger partial charge in [0, 0.05) is 13.6 Å². The van der Waals surface area contributed by atoms with Gasteiger partial charge in [-0.15, -0.1) is 6.42 Å². The van der Waals surface area contributed by atoms with E-state index in [4.69, 9.17) is 6.42 Å². The maximum atomic E-state index is 5.17.